The lowest BCUT2D eigenvalue weighted by molar-refractivity contribution is 0.282. The number of nitrogens with zero attached hydrogens (tertiary/aromatic N) is 4. The van der Waals surface area contributed by atoms with E-state index in [1.807, 2.05) is 54.6 Å². The summed E-state index contributed by atoms with van der Waals surface area (Å²) < 4.78 is 1.68. The number of anilines is 1. The summed E-state index contributed by atoms with van der Waals surface area (Å²) in [6.45, 7) is 0.802. The summed E-state index contributed by atoms with van der Waals surface area (Å²) in [5.74, 6) is 0.623. The van der Waals surface area contributed by atoms with E-state index in [-0.39, 0.29) is 6.61 Å². The maximum absolute atomic E-state index is 9.03. The Morgan fingerprint density at radius 2 is 1.68 bits per heavy atom. The molecular formula is C16H17N5O. The average molecular weight is 295 g/mol. The third-order valence-corrected chi connectivity index (χ3v) is 3.37. The number of tetrazole rings is 1. The van der Waals surface area contributed by atoms with Gasteiger partial charge in [0.15, 0.2) is 0 Å². The van der Waals surface area contributed by atoms with Gasteiger partial charge >= 0.3 is 0 Å². The third-order valence-electron chi connectivity index (χ3n) is 3.37. The van der Waals surface area contributed by atoms with Gasteiger partial charge in [0.2, 0.25) is 5.95 Å². The number of aromatic nitrogens is 4. The molecule has 0 bridgehead atoms. The van der Waals surface area contributed by atoms with Gasteiger partial charge in [0.1, 0.15) is 0 Å². The fraction of sp³-hybridized carbons (Fsp3) is 0.188. The van der Waals surface area contributed by atoms with Gasteiger partial charge < -0.3 is 10.4 Å². The van der Waals surface area contributed by atoms with E-state index in [2.05, 4.69) is 20.8 Å². The van der Waals surface area contributed by atoms with Gasteiger partial charge in [0.25, 0.3) is 0 Å². The summed E-state index contributed by atoms with van der Waals surface area (Å²) >= 11 is 0. The predicted molar refractivity (Wildman–Crippen MR) is 83.7 cm³/mol. The zero-order chi connectivity index (χ0) is 15.2. The molecule has 0 aliphatic carbocycles. The number of para-hydroxylation sites is 1. The molecule has 0 atom stereocenters. The molecule has 0 radical (unpaired) electrons. The molecular weight excluding hydrogens is 278 g/mol. The number of aliphatic hydroxyl groups is 1. The van der Waals surface area contributed by atoms with Crippen molar-refractivity contribution in [3.8, 4) is 5.69 Å². The second-order valence-electron chi connectivity index (χ2n) is 4.90. The lowest BCUT2D eigenvalue weighted by atomic mass is 10.1. The molecule has 1 heterocycles. The highest BCUT2D eigenvalue weighted by molar-refractivity contribution is 5.38. The molecule has 0 unspecified atom stereocenters. The average Bonchev–Trinajstić information content (AvgIpc) is 3.05. The van der Waals surface area contributed by atoms with Gasteiger partial charge in [-0.2, -0.15) is 4.68 Å². The van der Waals surface area contributed by atoms with E-state index in [1.165, 1.54) is 5.56 Å². The Hall–Kier alpha value is -2.73. The number of benzene rings is 2. The lowest BCUT2D eigenvalue weighted by Crippen LogP contribution is -2.10. The van der Waals surface area contributed by atoms with Crippen LogP contribution in [0.15, 0.2) is 54.6 Å². The zero-order valence-corrected chi connectivity index (χ0v) is 12.1. The molecule has 3 rings (SSSR count). The molecule has 6 nitrogen and oxygen atoms in total. The van der Waals surface area contributed by atoms with Gasteiger partial charge in [-0.25, -0.2) is 0 Å². The van der Waals surface area contributed by atoms with Crippen molar-refractivity contribution >= 4 is 5.95 Å². The highest BCUT2D eigenvalue weighted by Crippen LogP contribution is 2.11. The third kappa shape index (κ3) is 3.29. The van der Waals surface area contributed by atoms with Gasteiger partial charge in [-0.05, 0) is 40.1 Å². The largest absolute Gasteiger partial charge is 0.392 e. The summed E-state index contributed by atoms with van der Waals surface area (Å²) in [4.78, 5) is 0. The van der Waals surface area contributed by atoms with Crippen LogP contribution in [-0.4, -0.2) is 31.9 Å². The van der Waals surface area contributed by atoms with Gasteiger partial charge in [-0.3, -0.25) is 0 Å². The monoisotopic (exact) mass is 295 g/mol. The van der Waals surface area contributed by atoms with Crippen molar-refractivity contribution in [2.75, 3.05) is 11.9 Å². The van der Waals surface area contributed by atoms with Crippen molar-refractivity contribution in [1.82, 2.24) is 20.2 Å². The second-order valence-corrected chi connectivity index (χ2v) is 4.90. The normalized spacial score (nSPS) is 10.6. The van der Waals surface area contributed by atoms with Crippen LogP contribution in [0.25, 0.3) is 5.69 Å². The van der Waals surface area contributed by atoms with Crippen LogP contribution in [0.4, 0.5) is 5.95 Å². The quantitative estimate of drug-likeness (QED) is 0.725. The standard InChI is InChI=1S/C16H17N5O/c22-12-14-8-6-13(7-9-14)10-11-17-16-18-19-20-21(16)15-4-2-1-3-5-15/h1-9,22H,10-12H2,(H,17,18,20). The second kappa shape index (κ2) is 6.82. The molecule has 22 heavy (non-hydrogen) atoms. The van der Waals surface area contributed by atoms with Crippen molar-refractivity contribution in [2.24, 2.45) is 0 Å². The minimum atomic E-state index is 0.0738. The molecule has 0 saturated carbocycles. The molecule has 6 heteroatoms. The van der Waals surface area contributed by atoms with Crippen molar-refractivity contribution < 1.29 is 5.11 Å². The van der Waals surface area contributed by atoms with Crippen LogP contribution < -0.4 is 5.32 Å². The first-order valence-electron chi connectivity index (χ1n) is 7.13. The van der Waals surface area contributed by atoms with E-state index in [0.29, 0.717) is 5.95 Å². The number of aliphatic hydroxyl groups excluding tert-OH is 1. The van der Waals surface area contributed by atoms with Crippen LogP contribution >= 0.6 is 0 Å². The Labute approximate surface area is 128 Å². The summed E-state index contributed by atoms with van der Waals surface area (Å²) in [5.41, 5.74) is 3.04. The van der Waals surface area contributed by atoms with Crippen LogP contribution in [0, 0.1) is 0 Å². The maximum atomic E-state index is 9.03. The number of hydrogen-bond acceptors (Lipinski definition) is 5. The van der Waals surface area contributed by atoms with E-state index in [1.54, 1.807) is 4.68 Å². The fourth-order valence-electron chi connectivity index (χ4n) is 2.17. The molecule has 0 fully saturated rings. The maximum Gasteiger partial charge on any atom is 0.247 e. The molecule has 0 aliphatic rings. The van der Waals surface area contributed by atoms with Crippen LogP contribution in [0.1, 0.15) is 11.1 Å². The van der Waals surface area contributed by atoms with E-state index >= 15 is 0 Å². The van der Waals surface area contributed by atoms with Crippen molar-refractivity contribution in [3.05, 3.63) is 65.7 Å². The summed E-state index contributed by atoms with van der Waals surface area (Å²) in [6.07, 6.45) is 0.855. The van der Waals surface area contributed by atoms with E-state index in [9.17, 15) is 0 Å². The van der Waals surface area contributed by atoms with Crippen molar-refractivity contribution in [1.29, 1.82) is 0 Å². The Morgan fingerprint density at radius 3 is 2.41 bits per heavy atom. The lowest BCUT2D eigenvalue weighted by Gasteiger charge is -2.07. The molecule has 0 amide bonds. The Bertz CT molecular complexity index is 709. The molecule has 112 valence electrons. The van der Waals surface area contributed by atoms with Crippen LogP contribution in [-0.2, 0) is 13.0 Å². The van der Waals surface area contributed by atoms with Gasteiger partial charge in [-0.15, -0.1) is 0 Å². The first-order chi connectivity index (χ1) is 10.9. The summed E-state index contributed by atoms with van der Waals surface area (Å²) in [5, 5.41) is 24.0. The fourth-order valence-corrected chi connectivity index (χ4v) is 2.17. The highest BCUT2D eigenvalue weighted by Gasteiger charge is 2.06. The molecule has 2 N–H and O–H groups in total. The van der Waals surface area contributed by atoms with Crippen LogP contribution in [0.2, 0.25) is 0 Å². The van der Waals surface area contributed by atoms with Gasteiger partial charge in [0.05, 0.1) is 12.3 Å². The molecule has 1 aromatic heterocycles. The van der Waals surface area contributed by atoms with Gasteiger partial charge in [-0.1, -0.05) is 47.6 Å². The zero-order valence-electron chi connectivity index (χ0n) is 12.1. The predicted octanol–water partition coefficient (Wildman–Crippen LogP) is 1.81. The van der Waals surface area contributed by atoms with E-state index in [0.717, 1.165) is 24.2 Å². The van der Waals surface area contributed by atoms with Crippen LogP contribution in [0.5, 0.6) is 0 Å². The Balaban J connectivity index is 1.61. The topological polar surface area (TPSA) is 75.9 Å². The smallest absolute Gasteiger partial charge is 0.247 e. The Morgan fingerprint density at radius 1 is 0.955 bits per heavy atom. The van der Waals surface area contributed by atoms with Crippen LogP contribution in [0.3, 0.4) is 0 Å². The summed E-state index contributed by atoms with van der Waals surface area (Å²) in [7, 11) is 0. The van der Waals surface area contributed by atoms with Crippen molar-refractivity contribution in [3.63, 3.8) is 0 Å². The van der Waals surface area contributed by atoms with E-state index in [4.69, 9.17) is 5.11 Å². The van der Waals surface area contributed by atoms with E-state index < -0.39 is 0 Å². The number of hydrogen-bond donors (Lipinski definition) is 2. The highest BCUT2D eigenvalue weighted by atomic mass is 16.3. The summed E-state index contributed by atoms with van der Waals surface area (Å²) in [6, 6.07) is 17.7. The first kappa shape index (κ1) is 14.2. The SMILES string of the molecule is OCc1ccc(CCNc2nnnn2-c2ccccc2)cc1. The van der Waals surface area contributed by atoms with Gasteiger partial charge in [0, 0.05) is 6.54 Å². The minimum absolute atomic E-state index is 0.0738. The van der Waals surface area contributed by atoms with Crippen molar-refractivity contribution in [2.45, 2.75) is 13.0 Å². The molecule has 2 aromatic carbocycles. The molecule has 0 saturated heterocycles. The minimum Gasteiger partial charge on any atom is -0.392 e. The Kier molecular flexibility index (Phi) is 4.41. The first-order valence-corrected chi connectivity index (χ1v) is 7.13. The molecule has 0 spiro atoms. The number of rotatable bonds is 6. The molecule has 0 aliphatic heterocycles. The number of nitrogens with one attached hydrogen (secondary N) is 1. The molecule has 3 aromatic rings.